The number of hydrogen-bond donors (Lipinski definition) is 2. The lowest BCUT2D eigenvalue weighted by molar-refractivity contribution is 0.318. The third-order valence-corrected chi connectivity index (χ3v) is 3.37. The molecule has 0 spiro atoms. The Kier molecular flexibility index (Phi) is 4.24. The van der Waals surface area contributed by atoms with Crippen LogP contribution in [-0.2, 0) is 0 Å². The van der Waals surface area contributed by atoms with Gasteiger partial charge < -0.3 is 15.8 Å². The predicted octanol–water partition coefficient (Wildman–Crippen LogP) is 2.11. The molecule has 3 N–H and O–H groups in total. The van der Waals surface area contributed by atoms with Crippen LogP contribution >= 0.6 is 0 Å². The van der Waals surface area contributed by atoms with Crippen molar-refractivity contribution in [3.63, 3.8) is 0 Å². The highest BCUT2D eigenvalue weighted by molar-refractivity contribution is 6.01. The maximum atomic E-state index is 8.90. The summed E-state index contributed by atoms with van der Waals surface area (Å²) in [6.45, 7) is 6.06. The summed E-state index contributed by atoms with van der Waals surface area (Å²) in [6, 6.07) is 3.76. The van der Waals surface area contributed by atoms with E-state index in [4.69, 9.17) is 10.9 Å². The number of nitrogens with zero attached hydrogens (tertiary/aromatic N) is 3. The van der Waals surface area contributed by atoms with Crippen LogP contribution in [0.25, 0.3) is 0 Å². The molecule has 5 heteroatoms. The van der Waals surface area contributed by atoms with E-state index in [1.807, 2.05) is 19.1 Å². The first-order chi connectivity index (χ1) is 9.15. The summed E-state index contributed by atoms with van der Waals surface area (Å²) in [6.07, 6.45) is 3.65. The van der Waals surface area contributed by atoms with Crippen LogP contribution in [0, 0.1) is 12.8 Å². The monoisotopic (exact) mass is 262 g/mol. The van der Waals surface area contributed by atoms with Gasteiger partial charge in [0.2, 0.25) is 0 Å². The second-order valence-corrected chi connectivity index (χ2v) is 5.20. The highest BCUT2D eigenvalue weighted by Crippen LogP contribution is 2.32. The van der Waals surface area contributed by atoms with Crippen LogP contribution < -0.4 is 10.6 Å². The smallest absolute Gasteiger partial charge is 0.173 e. The third kappa shape index (κ3) is 3.36. The molecule has 0 amide bonds. The van der Waals surface area contributed by atoms with Crippen LogP contribution in [0.2, 0.25) is 0 Å². The zero-order valence-electron chi connectivity index (χ0n) is 11.6. The van der Waals surface area contributed by atoms with Crippen LogP contribution in [0.5, 0.6) is 0 Å². The predicted molar refractivity (Wildman–Crippen MR) is 76.7 cm³/mol. The van der Waals surface area contributed by atoms with E-state index >= 15 is 0 Å². The number of aromatic nitrogens is 1. The second kappa shape index (κ2) is 5.91. The SMILES string of the molecule is CCCN(CC1CC1)c1nc(C)ccc1C(N)=NO. The van der Waals surface area contributed by atoms with Crippen molar-refractivity contribution in [1.82, 2.24) is 4.98 Å². The zero-order chi connectivity index (χ0) is 13.8. The summed E-state index contributed by atoms with van der Waals surface area (Å²) >= 11 is 0. The average molecular weight is 262 g/mol. The van der Waals surface area contributed by atoms with E-state index in [1.165, 1.54) is 12.8 Å². The van der Waals surface area contributed by atoms with Gasteiger partial charge in [0, 0.05) is 18.8 Å². The molecule has 1 aromatic rings. The van der Waals surface area contributed by atoms with Crippen molar-refractivity contribution in [2.45, 2.75) is 33.1 Å². The number of amidine groups is 1. The third-order valence-electron chi connectivity index (χ3n) is 3.37. The number of pyridine rings is 1. The Morgan fingerprint density at radius 3 is 2.84 bits per heavy atom. The Morgan fingerprint density at radius 2 is 2.26 bits per heavy atom. The number of nitrogens with two attached hydrogens (primary N) is 1. The van der Waals surface area contributed by atoms with Gasteiger partial charge in [-0.15, -0.1) is 0 Å². The Morgan fingerprint density at radius 1 is 1.53 bits per heavy atom. The number of anilines is 1. The lowest BCUT2D eigenvalue weighted by Gasteiger charge is -2.25. The fourth-order valence-electron chi connectivity index (χ4n) is 2.20. The van der Waals surface area contributed by atoms with E-state index in [0.29, 0.717) is 5.56 Å². The van der Waals surface area contributed by atoms with E-state index in [1.54, 1.807) is 0 Å². The lowest BCUT2D eigenvalue weighted by atomic mass is 10.2. The summed E-state index contributed by atoms with van der Waals surface area (Å²) in [5.74, 6) is 1.73. The van der Waals surface area contributed by atoms with Crippen LogP contribution in [0.4, 0.5) is 5.82 Å². The molecule has 0 bridgehead atoms. The Labute approximate surface area is 114 Å². The van der Waals surface area contributed by atoms with Crippen LogP contribution in [0.15, 0.2) is 17.3 Å². The van der Waals surface area contributed by atoms with Gasteiger partial charge in [0.1, 0.15) is 5.82 Å². The molecule has 0 saturated heterocycles. The first-order valence-corrected chi connectivity index (χ1v) is 6.86. The molecule has 1 aliphatic rings. The molecule has 19 heavy (non-hydrogen) atoms. The zero-order valence-corrected chi connectivity index (χ0v) is 11.6. The van der Waals surface area contributed by atoms with Gasteiger partial charge in [0.25, 0.3) is 0 Å². The van der Waals surface area contributed by atoms with Crippen molar-refractivity contribution in [3.8, 4) is 0 Å². The van der Waals surface area contributed by atoms with Gasteiger partial charge in [-0.1, -0.05) is 12.1 Å². The van der Waals surface area contributed by atoms with Gasteiger partial charge in [-0.05, 0) is 44.2 Å². The molecular weight excluding hydrogens is 240 g/mol. The highest BCUT2D eigenvalue weighted by Gasteiger charge is 2.26. The molecule has 0 atom stereocenters. The van der Waals surface area contributed by atoms with Gasteiger partial charge in [0.05, 0.1) is 5.56 Å². The molecule has 104 valence electrons. The van der Waals surface area contributed by atoms with Gasteiger partial charge in [-0.2, -0.15) is 0 Å². The number of hydrogen-bond acceptors (Lipinski definition) is 4. The molecule has 0 unspecified atom stereocenters. The number of oxime groups is 1. The minimum absolute atomic E-state index is 0.124. The quantitative estimate of drug-likeness (QED) is 0.356. The lowest BCUT2D eigenvalue weighted by Crippen LogP contribution is -2.30. The Balaban J connectivity index is 2.34. The molecule has 5 nitrogen and oxygen atoms in total. The van der Waals surface area contributed by atoms with Gasteiger partial charge in [0.15, 0.2) is 5.84 Å². The molecule has 0 aromatic carbocycles. The Hall–Kier alpha value is -1.78. The Bertz CT molecular complexity index is 469. The maximum absolute atomic E-state index is 8.90. The molecular formula is C14H22N4O. The summed E-state index contributed by atoms with van der Waals surface area (Å²) in [4.78, 5) is 6.86. The van der Waals surface area contributed by atoms with E-state index in [0.717, 1.165) is 36.9 Å². The van der Waals surface area contributed by atoms with Crippen molar-refractivity contribution < 1.29 is 5.21 Å². The maximum Gasteiger partial charge on any atom is 0.173 e. The first kappa shape index (κ1) is 13.6. The molecule has 0 aliphatic heterocycles. The molecule has 0 radical (unpaired) electrons. The van der Waals surface area contributed by atoms with Crippen molar-refractivity contribution in [2.75, 3.05) is 18.0 Å². The molecule has 1 fully saturated rings. The summed E-state index contributed by atoms with van der Waals surface area (Å²) in [5.41, 5.74) is 7.41. The molecule has 1 aliphatic carbocycles. The largest absolute Gasteiger partial charge is 0.409 e. The normalized spacial score (nSPS) is 15.6. The van der Waals surface area contributed by atoms with E-state index in [-0.39, 0.29) is 5.84 Å². The van der Waals surface area contributed by atoms with Crippen molar-refractivity contribution in [3.05, 3.63) is 23.4 Å². The minimum atomic E-state index is 0.124. The molecule has 1 aromatic heterocycles. The van der Waals surface area contributed by atoms with Crippen LogP contribution in [0.1, 0.15) is 37.4 Å². The first-order valence-electron chi connectivity index (χ1n) is 6.86. The van der Waals surface area contributed by atoms with E-state index in [2.05, 4.69) is 22.0 Å². The highest BCUT2D eigenvalue weighted by atomic mass is 16.4. The molecule has 1 heterocycles. The minimum Gasteiger partial charge on any atom is -0.409 e. The fourth-order valence-corrected chi connectivity index (χ4v) is 2.20. The topological polar surface area (TPSA) is 74.7 Å². The summed E-state index contributed by atoms with van der Waals surface area (Å²) in [7, 11) is 0. The molecule has 1 saturated carbocycles. The number of rotatable bonds is 6. The molecule has 2 rings (SSSR count). The van der Waals surface area contributed by atoms with E-state index in [9.17, 15) is 0 Å². The van der Waals surface area contributed by atoms with Gasteiger partial charge in [-0.3, -0.25) is 0 Å². The van der Waals surface area contributed by atoms with E-state index < -0.39 is 0 Å². The fraction of sp³-hybridized carbons (Fsp3) is 0.571. The van der Waals surface area contributed by atoms with Gasteiger partial charge in [-0.25, -0.2) is 4.98 Å². The van der Waals surface area contributed by atoms with Crippen molar-refractivity contribution >= 4 is 11.7 Å². The standard InChI is InChI=1S/C14H22N4O/c1-3-8-18(9-11-5-6-11)14-12(13(15)17-19)7-4-10(2)16-14/h4,7,11,19H,3,5-6,8-9H2,1-2H3,(H2,15,17). The average Bonchev–Trinajstić information content (AvgIpc) is 3.21. The van der Waals surface area contributed by atoms with Crippen molar-refractivity contribution in [1.29, 1.82) is 0 Å². The van der Waals surface area contributed by atoms with Crippen LogP contribution in [0.3, 0.4) is 0 Å². The second-order valence-electron chi connectivity index (χ2n) is 5.20. The number of aryl methyl sites for hydroxylation is 1. The summed E-state index contributed by atoms with van der Waals surface area (Å²) in [5, 5.41) is 12.0. The summed E-state index contributed by atoms with van der Waals surface area (Å²) < 4.78 is 0. The van der Waals surface area contributed by atoms with Crippen LogP contribution in [-0.4, -0.2) is 29.1 Å². The van der Waals surface area contributed by atoms with Gasteiger partial charge >= 0.3 is 0 Å². The van der Waals surface area contributed by atoms with Crippen molar-refractivity contribution in [2.24, 2.45) is 16.8 Å².